The lowest BCUT2D eigenvalue weighted by Gasteiger charge is -1.92. The van der Waals surface area contributed by atoms with E-state index in [1.54, 1.807) is 6.20 Å². The second kappa shape index (κ2) is 4.45. The lowest BCUT2D eigenvalue weighted by atomic mass is 10.3. The zero-order chi connectivity index (χ0) is 8.15. The van der Waals surface area contributed by atoms with Gasteiger partial charge in [0.05, 0.1) is 0 Å². The van der Waals surface area contributed by atoms with Gasteiger partial charge in [0.25, 0.3) is 0 Å². The number of rotatable bonds is 2. The van der Waals surface area contributed by atoms with Crippen LogP contribution in [0, 0.1) is 0 Å². The first-order valence-corrected chi connectivity index (χ1v) is 3.86. The molecule has 0 aliphatic carbocycles. The van der Waals surface area contributed by atoms with E-state index in [1.165, 1.54) is 0 Å². The fourth-order valence-corrected chi connectivity index (χ4v) is 0.398. The number of hydrogen-bond donors (Lipinski definition) is 0. The summed E-state index contributed by atoms with van der Waals surface area (Å²) in [5.74, 6) is 0. The van der Waals surface area contributed by atoms with Gasteiger partial charge >= 0.3 is 0 Å². The summed E-state index contributed by atoms with van der Waals surface area (Å²) in [6, 6.07) is 0. The molecule has 56 valence electrons. The molecule has 0 heterocycles. The normalized spacial score (nSPS) is 11.0. The van der Waals surface area contributed by atoms with E-state index >= 15 is 0 Å². The summed E-state index contributed by atoms with van der Waals surface area (Å²) in [6.07, 6.45) is 1.76. The summed E-state index contributed by atoms with van der Waals surface area (Å²) in [6.45, 7) is 9.59. The van der Waals surface area contributed by atoms with Crippen molar-refractivity contribution in [3.63, 3.8) is 0 Å². The quantitative estimate of drug-likeness (QED) is 0.481. The summed E-state index contributed by atoms with van der Waals surface area (Å²) >= 11 is 3.33. The van der Waals surface area contributed by atoms with Crippen molar-refractivity contribution in [3.05, 3.63) is 22.8 Å². The van der Waals surface area contributed by atoms with Crippen LogP contribution in [0.15, 0.2) is 27.8 Å². The van der Waals surface area contributed by atoms with Crippen molar-refractivity contribution in [1.82, 2.24) is 0 Å². The van der Waals surface area contributed by atoms with Crippen molar-refractivity contribution in [3.8, 4) is 0 Å². The molecular weight excluding hydrogens is 190 g/mol. The molecule has 0 aromatic carbocycles. The van der Waals surface area contributed by atoms with Gasteiger partial charge in [0.2, 0.25) is 0 Å². The van der Waals surface area contributed by atoms with Gasteiger partial charge in [-0.25, -0.2) is 0 Å². The predicted molar refractivity (Wildman–Crippen MR) is 50.6 cm³/mol. The SMILES string of the molecule is C=C(C)/C(Br)=C\N=C(C)C. The van der Waals surface area contributed by atoms with Crippen molar-refractivity contribution < 1.29 is 0 Å². The van der Waals surface area contributed by atoms with Crippen molar-refractivity contribution in [2.45, 2.75) is 20.8 Å². The molecule has 0 unspecified atom stereocenters. The average molecular weight is 202 g/mol. The second-order valence-corrected chi connectivity index (χ2v) is 3.19. The standard InChI is InChI=1S/C8H12BrN/c1-6(2)8(9)5-10-7(3)4/h5H,1H2,2-4H3/b8-5+. The Balaban J connectivity index is 4.19. The lowest BCUT2D eigenvalue weighted by molar-refractivity contribution is 1.44. The first-order chi connectivity index (χ1) is 4.54. The Labute approximate surface area is 70.7 Å². The molecule has 0 saturated heterocycles. The van der Waals surface area contributed by atoms with E-state index in [4.69, 9.17) is 0 Å². The largest absolute Gasteiger partial charge is 0.265 e. The predicted octanol–water partition coefficient (Wildman–Crippen LogP) is 3.28. The molecule has 0 bridgehead atoms. The number of hydrogen-bond acceptors (Lipinski definition) is 1. The van der Waals surface area contributed by atoms with Crippen molar-refractivity contribution in [2.24, 2.45) is 4.99 Å². The summed E-state index contributed by atoms with van der Waals surface area (Å²) in [5.41, 5.74) is 2.03. The maximum atomic E-state index is 4.09. The Kier molecular flexibility index (Phi) is 4.28. The van der Waals surface area contributed by atoms with Gasteiger partial charge in [-0.15, -0.1) is 0 Å². The average Bonchev–Trinajstić information content (AvgIpc) is 1.82. The van der Waals surface area contributed by atoms with Crippen LogP contribution in [0.25, 0.3) is 0 Å². The van der Waals surface area contributed by atoms with Crippen molar-refractivity contribution in [1.29, 1.82) is 0 Å². The van der Waals surface area contributed by atoms with Gasteiger partial charge in [0, 0.05) is 16.4 Å². The van der Waals surface area contributed by atoms with Gasteiger partial charge in [-0.2, -0.15) is 0 Å². The summed E-state index contributed by atoms with van der Waals surface area (Å²) in [7, 11) is 0. The third-order valence-electron chi connectivity index (χ3n) is 0.844. The zero-order valence-corrected chi connectivity index (χ0v) is 8.20. The van der Waals surface area contributed by atoms with E-state index in [1.807, 2.05) is 20.8 Å². The van der Waals surface area contributed by atoms with Crippen LogP contribution in [0.5, 0.6) is 0 Å². The van der Waals surface area contributed by atoms with Crippen LogP contribution in [0.1, 0.15) is 20.8 Å². The minimum Gasteiger partial charge on any atom is -0.265 e. The molecule has 0 atom stereocenters. The van der Waals surface area contributed by atoms with Gasteiger partial charge in [-0.1, -0.05) is 6.58 Å². The van der Waals surface area contributed by atoms with E-state index in [0.717, 1.165) is 15.8 Å². The fraction of sp³-hybridized carbons (Fsp3) is 0.375. The highest BCUT2D eigenvalue weighted by Crippen LogP contribution is 2.13. The van der Waals surface area contributed by atoms with Crippen LogP contribution in [-0.4, -0.2) is 5.71 Å². The maximum absolute atomic E-state index is 4.09. The molecule has 0 aliphatic rings. The Morgan fingerprint density at radius 3 is 2.20 bits per heavy atom. The first-order valence-electron chi connectivity index (χ1n) is 3.06. The molecule has 0 radical (unpaired) electrons. The van der Waals surface area contributed by atoms with Crippen molar-refractivity contribution in [2.75, 3.05) is 0 Å². The second-order valence-electron chi connectivity index (χ2n) is 2.33. The molecule has 0 rings (SSSR count). The Morgan fingerprint density at radius 1 is 1.40 bits per heavy atom. The first kappa shape index (κ1) is 9.63. The van der Waals surface area contributed by atoms with E-state index in [9.17, 15) is 0 Å². The van der Waals surface area contributed by atoms with E-state index in [2.05, 4.69) is 27.5 Å². The molecule has 0 saturated carbocycles. The highest BCUT2D eigenvalue weighted by molar-refractivity contribution is 9.11. The van der Waals surface area contributed by atoms with Crippen LogP contribution in [0.2, 0.25) is 0 Å². The topological polar surface area (TPSA) is 12.4 Å². The van der Waals surface area contributed by atoms with E-state index < -0.39 is 0 Å². The monoisotopic (exact) mass is 201 g/mol. The zero-order valence-electron chi connectivity index (χ0n) is 6.61. The van der Waals surface area contributed by atoms with Crippen LogP contribution < -0.4 is 0 Å². The minimum atomic E-state index is 0.953. The van der Waals surface area contributed by atoms with Crippen molar-refractivity contribution >= 4 is 21.6 Å². The fourth-order valence-electron chi connectivity index (χ4n) is 0.296. The number of nitrogens with zero attached hydrogens (tertiary/aromatic N) is 1. The maximum Gasteiger partial charge on any atom is 0.0411 e. The van der Waals surface area contributed by atoms with Crippen LogP contribution in [0.4, 0.5) is 0 Å². The highest BCUT2D eigenvalue weighted by Gasteiger charge is 1.87. The Morgan fingerprint density at radius 2 is 1.90 bits per heavy atom. The molecular formula is C8H12BrN. The number of allylic oxidation sites excluding steroid dienone is 2. The van der Waals surface area contributed by atoms with Gasteiger partial charge in [-0.3, -0.25) is 4.99 Å². The molecule has 0 aromatic heterocycles. The van der Waals surface area contributed by atoms with Crippen LogP contribution >= 0.6 is 15.9 Å². The van der Waals surface area contributed by atoms with Gasteiger partial charge in [0.15, 0.2) is 0 Å². The van der Waals surface area contributed by atoms with Crippen LogP contribution in [0.3, 0.4) is 0 Å². The smallest absolute Gasteiger partial charge is 0.0411 e. The third-order valence-corrected chi connectivity index (χ3v) is 1.73. The van der Waals surface area contributed by atoms with E-state index in [0.29, 0.717) is 0 Å². The number of aliphatic imine (C=N–C) groups is 1. The van der Waals surface area contributed by atoms with Gasteiger partial charge < -0.3 is 0 Å². The summed E-state index contributed by atoms with van der Waals surface area (Å²) in [5, 5.41) is 0. The lowest BCUT2D eigenvalue weighted by Crippen LogP contribution is -1.77. The highest BCUT2D eigenvalue weighted by atomic mass is 79.9. The molecule has 0 fully saturated rings. The number of halogens is 1. The molecule has 1 nitrogen and oxygen atoms in total. The van der Waals surface area contributed by atoms with Crippen LogP contribution in [-0.2, 0) is 0 Å². The summed E-state index contributed by atoms with van der Waals surface area (Å²) in [4.78, 5) is 4.09. The van der Waals surface area contributed by atoms with E-state index in [-0.39, 0.29) is 0 Å². The molecule has 10 heavy (non-hydrogen) atoms. The third kappa shape index (κ3) is 4.50. The summed E-state index contributed by atoms with van der Waals surface area (Å²) < 4.78 is 0.953. The Bertz CT molecular complexity index is 185. The van der Waals surface area contributed by atoms with Gasteiger partial charge in [0.1, 0.15) is 0 Å². The molecule has 0 spiro atoms. The molecule has 0 aliphatic heterocycles. The van der Waals surface area contributed by atoms with Gasteiger partial charge in [-0.05, 0) is 42.3 Å². The molecule has 0 aromatic rings. The molecule has 0 amide bonds. The minimum absolute atomic E-state index is 0.953. The Hall–Kier alpha value is -0.370. The molecule has 0 N–H and O–H groups in total. The molecule has 2 heteroatoms.